The maximum absolute atomic E-state index is 6.21. The third-order valence-electron chi connectivity index (χ3n) is 5.14. The first kappa shape index (κ1) is 15.0. The van der Waals surface area contributed by atoms with E-state index in [-0.39, 0.29) is 0 Å². The summed E-state index contributed by atoms with van der Waals surface area (Å²) in [5, 5.41) is 0. The molecule has 0 saturated heterocycles. The summed E-state index contributed by atoms with van der Waals surface area (Å²) < 4.78 is 0. The molecule has 1 rings (SSSR count). The topological polar surface area (TPSA) is 29.3 Å². The van der Waals surface area contributed by atoms with Crippen molar-refractivity contribution in [1.82, 2.24) is 4.90 Å². The zero-order chi connectivity index (χ0) is 13.1. The van der Waals surface area contributed by atoms with Crippen LogP contribution in [-0.2, 0) is 0 Å². The van der Waals surface area contributed by atoms with Crippen molar-refractivity contribution in [1.29, 1.82) is 0 Å². The monoisotopic (exact) mass is 240 g/mol. The summed E-state index contributed by atoms with van der Waals surface area (Å²) in [4.78, 5) is 2.51. The van der Waals surface area contributed by atoms with E-state index in [2.05, 4.69) is 39.6 Å². The van der Waals surface area contributed by atoms with E-state index < -0.39 is 0 Å². The van der Waals surface area contributed by atoms with Crippen molar-refractivity contribution in [3.05, 3.63) is 0 Å². The van der Waals surface area contributed by atoms with Crippen molar-refractivity contribution in [2.75, 3.05) is 20.1 Å². The number of hydrogen-bond donors (Lipinski definition) is 1. The Kier molecular flexibility index (Phi) is 5.46. The largest absolute Gasteiger partial charge is 0.327 e. The predicted octanol–water partition coefficient (Wildman–Crippen LogP) is 3.12. The molecule has 0 heterocycles. The van der Waals surface area contributed by atoms with E-state index in [1.807, 2.05) is 0 Å². The van der Waals surface area contributed by atoms with Crippen LogP contribution < -0.4 is 5.73 Å². The molecule has 1 aliphatic rings. The highest BCUT2D eigenvalue weighted by Gasteiger charge is 2.41. The molecule has 1 saturated carbocycles. The van der Waals surface area contributed by atoms with E-state index in [4.69, 9.17) is 5.73 Å². The Balaban J connectivity index is 2.52. The fourth-order valence-electron chi connectivity index (χ4n) is 3.16. The summed E-state index contributed by atoms with van der Waals surface area (Å²) >= 11 is 0. The molecule has 102 valence electrons. The quantitative estimate of drug-likeness (QED) is 0.800. The molecule has 0 aliphatic heterocycles. The Morgan fingerprint density at radius 1 is 1.29 bits per heavy atom. The second-order valence-corrected chi connectivity index (χ2v) is 6.66. The highest BCUT2D eigenvalue weighted by atomic mass is 15.1. The second kappa shape index (κ2) is 6.19. The first-order chi connectivity index (χ1) is 7.89. The summed E-state index contributed by atoms with van der Waals surface area (Å²) in [6, 6.07) is 0.405. The fourth-order valence-corrected chi connectivity index (χ4v) is 3.16. The lowest BCUT2D eigenvalue weighted by atomic mass is 9.61. The van der Waals surface area contributed by atoms with Crippen molar-refractivity contribution in [2.24, 2.45) is 23.0 Å². The van der Waals surface area contributed by atoms with Gasteiger partial charge in [-0.1, -0.05) is 34.1 Å². The Hall–Kier alpha value is -0.0800. The van der Waals surface area contributed by atoms with Crippen LogP contribution in [0.4, 0.5) is 0 Å². The van der Waals surface area contributed by atoms with Crippen LogP contribution in [0.15, 0.2) is 0 Å². The first-order valence-electron chi connectivity index (χ1n) is 7.33. The van der Waals surface area contributed by atoms with Crippen LogP contribution >= 0.6 is 0 Å². The van der Waals surface area contributed by atoms with Crippen LogP contribution in [0.5, 0.6) is 0 Å². The van der Waals surface area contributed by atoms with Gasteiger partial charge in [0.2, 0.25) is 0 Å². The lowest BCUT2D eigenvalue weighted by molar-refractivity contribution is 0.0336. The summed E-state index contributed by atoms with van der Waals surface area (Å²) in [6.45, 7) is 11.9. The molecule has 3 unspecified atom stereocenters. The molecule has 0 aromatic heterocycles. The number of nitrogens with zero attached hydrogens (tertiary/aromatic N) is 1. The van der Waals surface area contributed by atoms with Crippen molar-refractivity contribution >= 4 is 0 Å². The summed E-state index contributed by atoms with van der Waals surface area (Å²) in [5.41, 5.74) is 6.60. The van der Waals surface area contributed by atoms with Crippen LogP contribution in [-0.4, -0.2) is 31.1 Å². The molecule has 1 aliphatic carbocycles. The molecule has 0 aromatic carbocycles. The highest BCUT2D eigenvalue weighted by Crippen LogP contribution is 2.44. The van der Waals surface area contributed by atoms with E-state index >= 15 is 0 Å². The van der Waals surface area contributed by atoms with Crippen LogP contribution in [0.2, 0.25) is 0 Å². The van der Waals surface area contributed by atoms with Gasteiger partial charge in [-0.2, -0.15) is 0 Å². The third kappa shape index (κ3) is 3.69. The average Bonchev–Trinajstić information content (AvgIpc) is 2.28. The Labute approximate surface area is 108 Å². The predicted molar refractivity (Wildman–Crippen MR) is 76.0 cm³/mol. The summed E-state index contributed by atoms with van der Waals surface area (Å²) in [7, 11) is 2.27. The zero-order valence-corrected chi connectivity index (χ0v) is 12.5. The average molecular weight is 240 g/mol. The van der Waals surface area contributed by atoms with Gasteiger partial charge >= 0.3 is 0 Å². The van der Waals surface area contributed by atoms with Gasteiger partial charge in [0.05, 0.1) is 0 Å². The molecular weight excluding hydrogens is 208 g/mol. The van der Waals surface area contributed by atoms with Gasteiger partial charge in [-0.3, -0.25) is 0 Å². The molecule has 0 aromatic rings. The molecule has 2 heteroatoms. The minimum absolute atomic E-state index is 0.387. The minimum Gasteiger partial charge on any atom is -0.327 e. The molecule has 2 nitrogen and oxygen atoms in total. The van der Waals surface area contributed by atoms with Gasteiger partial charge in [0.1, 0.15) is 0 Å². The maximum Gasteiger partial charge on any atom is 0.00698 e. The number of hydrogen-bond acceptors (Lipinski definition) is 2. The Morgan fingerprint density at radius 2 is 1.94 bits per heavy atom. The van der Waals surface area contributed by atoms with Gasteiger partial charge in [-0.15, -0.1) is 0 Å². The molecule has 1 fully saturated rings. The molecule has 17 heavy (non-hydrogen) atoms. The molecule has 0 radical (unpaired) electrons. The van der Waals surface area contributed by atoms with Gasteiger partial charge in [-0.05, 0) is 50.1 Å². The second-order valence-electron chi connectivity index (χ2n) is 6.66. The van der Waals surface area contributed by atoms with Crippen LogP contribution in [0.3, 0.4) is 0 Å². The zero-order valence-electron chi connectivity index (χ0n) is 12.5. The molecule has 3 atom stereocenters. The van der Waals surface area contributed by atoms with Gasteiger partial charge in [-0.25, -0.2) is 0 Å². The fraction of sp³-hybridized carbons (Fsp3) is 1.00. The summed E-state index contributed by atoms with van der Waals surface area (Å²) in [5.74, 6) is 1.44. The highest BCUT2D eigenvalue weighted by molar-refractivity contribution is 4.94. The molecule has 0 amide bonds. The van der Waals surface area contributed by atoms with E-state index in [0.717, 1.165) is 5.92 Å². The van der Waals surface area contributed by atoms with Crippen molar-refractivity contribution < 1.29 is 0 Å². The van der Waals surface area contributed by atoms with Crippen molar-refractivity contribution in [2.45, 2.75) is 59.4 Å². The van der Waals surface area contributed by atoms with Crippen molar-refractivity contribution in [3.8, 4) is 0 Å². The maximum atomic E-state index is 6.21. The number of rotatable bonds is 5. The van der Waals surface area contributed by atoms with Crippen LogP contribution in [0.1, 0.15) is 53.4 Å². The Morgan fingerprint density at radius 3 is 2.53 bits per heavy atom. The number of nitrogens with two attached hydrogens (primary N) is 1. The standard InChI is InChI=1S/C15H32N2/c1-6-7-10-17(5)11-13-8-9-14(16)12(2)15(13,3)4/h12-14H,6-11,16H2,1-5H3. The first-order valence-corrected chi connectivity index (χ1v) is 7.33. The van der Waals surface area contributed by atoms with E-state index in [9.17, 15) is 0 Å². The lowest BCUT2D eigenvalue weighted by Crippen LogP contribution is -2.49. The lowest BCUT2D eigenvalue weighted by Gasteiger charge is -2.48. The van der Waals surface area contributed by atoms with E-state index in [1.165, 1.54) is 38.8 Å². The van der Waals surface area contributed by atoms with Crippen LogP contribution in [0.25, 0.3) is 0 Å². The third-order valence-corrected chi connectivity index (χ3v) is 5.14. The van der Waals surface area contributed by atoms with Gasteiger partial charge in [0.15, 0.2) is 0 Å². The number of unbranched alkanes of at least 4 members (excludes halogenated alkanes) is 1. The SMILES string of the molecule is CCCCN(C)CC1CCC(N)C(C)C1(C)C. The molecule has 0 spiro atoms. The van der Waals surface area contributed by atoms with Crippen molar-refractivity contribution in [3.63, 3.8) is 0 Å². The van der Waals surface area contributed by atoms with Crippen LogP contribution in [0, 0.1) is 17.3 Å². The molecule has 0 bridgehead atoms. The van der Waals surface area contributed by atoms with Gasteiger partial charge in [0, 0.05) is 12.6 Å². The summed E-state index contributed by atoms with van der Waals surface area (Å²) in [6.07, 6.45) is 5.12. The molecular formula is C15H32N2. The smallest absolute Gasteiger partial charge is 0.00698 e. The van der Waals surface area contributed by atoms with Gasteiger partial charge < -0.3 is 10.6 Å². The Bertz CT molecular complexity index is 225. The minimum atomic E-state index is 0.387. The normalized spacial score (nSPS) is 33.0. The van der Waals surface area contributed by atoms with Gasteiger partial charge in [0.25, 0.3) is 0 Å². The molecule has 2 N–H and O–H groups in total. The van der Waals surface area contributed by atoms with E-state index in [0.29, 0.717) is 17.4 Å². The van der Waals surface area contributed by atoms with E-state index in [1.54, 1.807) is 0 Å².